The Labute approximate surface area is 217 Å². The lowest BCUT2D eigenvalue weighted by Crippen LogP contribution is -2.71. The van der Waals surface area contributed by atoms with Gasteiger partial charge in [-0.25, -0.2) is 23.4 Å². The Hall–Kier alpha value is -2.86. The van der Waals surface area contributed by atoms with Crippen molar-refractivity contribution in [3.05, 3.63) is 47.3 Å². The van der Waals surface area contributed by atoms with E-state index in [1.807, 2.05) is 19.2 Å². The molecule has 10 nitrogen and oxygen atoms in total. The minimum absolute atomic E-state index is 0.276. The Bertz CT molecular complexity index is 1510. The zero-order valence-corrected chi connectivity index (χ0v) is 22.3. The van der Waals surface area contributed by atoms with Gasteiger partial charge in [0.25, 0.3) is 0 Å². The van der Waals surface area contributed by atoms with Crippen molar-refractivity contribution in [3.63, 3.8) is 0 Å². The number of nitrogens with zero attached hydrogens (tertiary/aromatic N) is 7. The first-order valence-corrected chi connectivity index (χ1v) is 14.6. The number of pyridine rings is 1. The molecular formula is C26H32N8O2S. The van der Waals surface area contributed by atoms with Crippen molar-refractivity contribution in [2.75, 3.05) is 62.8 Å². The van der Waals surface area contributed by atoms with Gasteiger partial charge in [0.15, 0.2) is 5.82 Å². The van der Waals surface area contributed by atoms with Crippen molar-refractivity contribution in [2.24, 2.45) is 5.41 Å². The monoisotopic (exact) mass is 520 g/mol. The molecule has 6 heterocycles. The summed E-state index contributed by atoms with van der Waals surface area (Å²) in [6, 6.07) is 8.70. The highest BCUT2D eigenvalue weighted by Crippen LogP contribution is 2.42. The minimum Gasteiger partial charge on any atom is -0.353 e. The van der Waals surface area contributed by atoms with Crippen LogP contribution in [0.2, 0.25) is 0 Å². The van der Waals surface area contributed by atoms with Crippen LogP contribution in [0.4, 0.5) is 17.5 Å². The molecule has 0 unspecified atom stereocenters. The first-order valence-electron chi connectivity index (χ1n) is 12.8. The van der Waals surface area contributed by atoms with E-state index in [9.17, 15) is 8.42 Å². The summed E-state index contributed by atoms with van der Waals surface area (Å²) in [5, 5.41) is 4.41. The van der Waals surface area contributed by atoms with Gasteiger partial charge in [-0.2, -0.15) is 4.31 Å². The van der Waals surface area contributed by atoms with Gasteiger partial charge in [-0.15, -0.1) is 0 Å². The van der Waals surface area contributed by atoms with Crippen LogP contribution in [0.25, 0.3) is 10.9 Å². The van der Waals surface area contributed by atoms with Crippen LogP contribution in [0.15, 0.2) is 30.5 Å². The molecule has 0 atom stereocenters. The van der Waals surface area contributed by atoms with Crippen LogP contribution >= 0.6 is 0 Å². The van der Waals surface area contributed by atoms with E-state index in [4.69, 9.17) is 9.97 Å². The summed E-state index contributed by atoms with van der Waals surface area (Å²) in [6.45, 7) is 9.22. The largest absolute Gasteiger partial charge is 0.353 e. The summed E-state index contributed by atoms with van der Waals surface area (Å²) in [4.78, 5) is 21.5. The van der Waals surface area contributed by atoms with Gasteiger partial charge in [-0.05, 0) is 43.3 Å². The highest BCUT2D eigenvalue weighted by Gasteiger charge is 2.51. The van der Waals surface area contributed by atoms with E-state index in [-0.39, 0.29) is 6.04 Å². The van der Waals surface area contributed by atoms with Gasteiger partial charge in [0, 0.05) is 86.8 Å². The van der Waals surface area contributed by atoms with Gasteiger partial charge < -0.3 is 15.1 Å². The van der Waals surface area contributed by atoms with Crippen molar-refractivity contribution >= 4 is 38.4 Å². The molecule has 11 heteroatoms. The number of benzene rings is 1. The summed E-state index contributed by atoms with van der Waals surface area (Å²) in [5.41, 5.74) is 5.79. The average molecular weight is 521 g/mol. The first kappa shape index (κ1) is 23.3. The number of aryl methyl sites for hydroxylation is 1. The highest BCUT2D eigenvalue weighted by molar-refractivity contribution is 7.88. The standard InChI is InChI=1S/C26H32N8O2S/c1-17-6-19-8-27-25(30-23(19)24(28-17)33-15-26(16-33)13-31(2)14-26)29-21-5-4-18-9-32(10-20(18)7-21)22-11-34(12-22)37(3,35)36/h4-8,22H,9-16H2,1-3H3,(H,27,29,30). The van der Waals surface area contributed by atoms with Gasteiger partial charge in [-0.3, -0.25) is 4.90 Å². The molecule has 194 valence electrons. The number of nitrogens with one attached hydrogen (secondary N) is 1. The molecule has 0 bridgehead atoms. The zero-order chi connectivity index (χ0) is 25.5. The van der Waals surface area contributed by atoms with Gasteiger partial charge in [0.1, 0.15) is 5.52 Å². The summed E-state index contributed by atoms with van der Waals surface area (Å²) < 4.78 is 25.0. The lowest BCUT2D eigenvalue weighted by molar-refractivity contribution is -0.00267. The fourth-order valence-electron chi connectivity index (χ4n) is 6.45. The average Bonchev–Trinajstić information content (AvgIpc) is 3.15. The van der Waals surface area contributed by atoms with Gasteiger partial charge >= 0.3 is 0 Å². The normalized spacial score (nSPS) is 22.1. The number of likely N-dealkylation sites (tertiary alicyclic amines) is 1. The van der Waals surface area contributed by atoms with Crippen LogP contribution in [0.3, 0.4) is 0 Å². The van der Waals surface area contributed by atoms with E-state index < -0.39 is 10.0 Å². The van der Waals surface area contributed by atoms with Crippen molar-refractivity contribution < 1.29 is 8.42 Å². The van der Waals surface area contributed by atoms with Crippen LogP contribution in [0.1, 0.15) is 16.8 Å². The Morgan fingerprint density at radius 2 is 1.78 bits per heavy atom. The van der Waals surface area contributed by atoms with Crippen LogP contribution in [-0.4, -0.2) is 96.1 Å². The Balaban J connectivity index is 1.08. The second-order valence-electron chi connectivity index (χ2n) is 11.5. The van der Waals surface area contributed by atoms with Crippen molar-refractivity contribution in [1.29, 1.82) is 0 Å². The minimum atomic E-state index is -3.10. The zero-order valence-electron chi connectivity index (χ0n) is 21.5. The molecule has 4 aliphatic heterocycles. The Morgan fingerprint density at radius 1 is 1.03 bits per heavy atom. The van der Waals surface area contributed by atoms with E-state index >= 15 is 0 Å². The molecule has 0 saturated carbocycles. The lowest BCUT2D eigenvalue weighted by Gasteiger charge is -2.59. The van der Waals surface area contributed by atoms with Gasteiger partial charge in [0.05, 0.1) is 6.26 Å². The number of hydrogen-bond donors (Lipinski definition) is 1. The SMILES string of the molecule is Cc1cc2cnc(Nc3ccc4c(c3)CN(C3CN(S(C)(=O)=O)C3)C4)nc2c(N2CC3(CN(C)C3)C2)n1. The maximum Gasteiger partial charge on any atom is 0.227 e. The van der Waals surface area contributed by atoms with Gasteiger partial charge in [-0.1, -0.05) is 6.07 Å². The third-order valence-corrected chi connectivity index (χ3v) is 9.50. The van der Waals surface area contributed by atoms with Crippen molar-refractivity contribution in [3.8, 4) is 0 Å². The summed E-state index contributed by atoms with van der Waals surface area (Å²) >= 11 is 0. The number of anilines is 3. The lowest BCUT2D eigenvalue weighted by atomic mass is 9.73. The molecule has 3 fully saturated rings. The number of fused-ring (bicyclic) bond motifs is 2. The van der Waals surface area contributed by atoms with Crippen molar-refractivity contribution in [1.82, 2.24) is 29.1 Å². The summed E-state index contributed by atoms with van der Waals surface area (Å²) in [5.74, 6) is 1.52. The van der Waals surface area contributed by atoms with Crippen molar-refractivity contribution in [2.45, 2.75) is 26.1 Å². The molecule has 7 rings (SSSR count). The predicted molar refractivity (Wildman–Crippen MR) is 143 cm³/mol. The molecule has 1 spiro atoms. The fourth-order valence-corrected chi connectivity index (χ4v) is 7.34. The smallest absolute Gasteiger partial charge is 0.227 e. The quantitative estimate of drug-likeness (QED) is 0.540. The van der Waals surface area contributed by atoms with Crippen LogP contribution in [0, 0.1) is 12.3 Å². The maximum absolute atomic E-state index is 11.7. The molecule has 0 aliphatic carbocycles. The maximum atomic E-state index is 11.7. The Morgan fingerprint density at radius 3 is 2.51 bits per heavy atom. The highest BCUT2D eigenvalue weighted by atomic mass is 32.2. The number of hydrogen-bond acceptors (Lipinski definition) is 9. The molecule has 1 N–H and O–H groups in total. The number of sulfonamides is 1. The molecule has 2 aromatic heterocycles. The molecule has 3 saturated heterocycles. The van der Waals surface area contributed by atoms with E-state index in [1.54, 1.807) is 4.31 Å². The Kier molecular flexibility index (Phi) is 5.07. The molecule has 37 heavy (non-hydrogen) atoms. The molecule has 1 aromatic carbocycles. The van der Waals surface area contributed by atoms with Crippen LogP contribution < -0.4 is 10.2 Å². The number of aromatic nitrogens is 3. The van der Waals surface area contributed by atoms with Crippen LogP contribution in [-0.2, 0) is 23.1 Å². The second-order valence-corrected chi connectivity index (χ2v) is 13.5. The first-order chi connectivity index (χ1) is 17.6. The molecule has 0 radical (unpaired) electrons. The van der Waals surface area contributed by atoms with E-state index in [0.29, 0.717) is 24.5 Å². The molecule has 0 amide bonds. The molecular weight excluding hydrogens is 488 g/mol. The third kappa shape index (κ3) is 4.04. The molecule has 4 aliphatic rings. The number of rotatable bonds is 5. The van der Waals surface area contributed by atoms with Crippen LogP contribution in [0.5, 0.6) is 0 Å². The molecule has 3 aromatic rings. The van der Waals surface area contributed by atoms with E-state index in [2.05, 4.69) is 50.2 Å². The fraction of sp³-hybridized carbons (Fsp3) is 0.500. The summed E-state index contributed by atoms with van der Waals surface area (Å²) in [7, 11) is -0.919. The van der Waals surface area contributed by atoms with E-state index in [1.165, 1.54) is 17.4 Å². The predicted octanol–water partition coefficient (Wildman–Crippen LogP) is 1.79. The second kappa shape index (κ2) is 8.07. The topological polar surface area (TPSA) is 97.8 Å². The third-order valence-electron chi connectivity index (χ3n) is 8.26. The summed E-state index contributed by atoms with van der Waals surface area (Å²) in [6.07, 6.45) is 3.16. The van der Waals surface area contributed by atoms with E-state index in [0.717, 1.165) is 67.4 Å². The van der Waals surface area contributed by atoms with Gasteiger partial charge in [0.2, 0.25) is 16.0 Å².